The fourth-order valence-corrected chi connectivity index (χ4v) is 4.09. The number of ether oxygens (including phenoxy) is 3. The number of methoxy groups -OCH3 is 2. The predicted molar refractivity (Wildman–Crippen MR) is 123 cm³/mol. The van der Waals surface area contributed by atoms with Crippen molar-refractivity contribution in [1.82, 2.24) is 0 Å². The van der Waals surface area contributed by atoms with Crippen molar-refractivity contribution in [2.45, 2.75) is 57.8 Å². The van der Waals surface area contributed by atoms with Gasteiger partial charge in [0.25, 0.3) is 0 Å². The molecule has 0 aliphatic heterocycles. The van der Waals surface area contributed by atoms with Crippen LogP contribution in [0.2, 0.25) is 0 Å². The summed E-state index contributed by atoms with van der Waals surface area (Å²) >= 11 is 1.85. The van der Waals surface area contributed by atoms with Crippen LogP contribution < -0.4 is 0 Å². The van der Waals surface area contributed by atoms with Crippen LogP contribution in [0.25, 0.3) is 0 Å². The maximum Gasteiger partial charge on any atom is 0.320 e. The van der Waals surface area contributed by atoms with Crippen LogP contribution >= 0.6 is 11.8 Å². The molecule has 0 saturated carbocycles. The van der Waals surface area contributed by atoms with E-state index in [4.69, 9.17) is 14.2 Å². The van der Waals surface area contributed by atoms with Crippen molar-refractivity contribution in [2.75, 3.05) is 20.0 Å². The number of carbonyl (C=O) groups is 3. The summed E-state index contributed by atoms with van der Waals surface area (Å²) in [5.41, 5.74) is 2.31. The van der Waals surface area contributed by atoms with Crippen LogP contribution in [0.15, 0.2) is 42.0 Å². The highest BCUT2D eigenvalue weighted by Crippen LogP contribution is 2.23. The van der Waals surface area contributed by atoms with E-state index in [1.807, 2.05) is 36.9 Å². The van der Waals surface area contributed by atoms with Gasteiger partial charge in [-0.05, 0) is 49.0 Å². The molecule has 0 aliphatic carbocycles. The molecule has 0 heterocycles. The third-order valence-corrected chi connectivity index (χ3v) is 5.86. The number of allylic oxidation sites excluding steroid dienone is 1. The fourth-order valence-electron chi connectivity index (χ4n) is 3.23. The van der Waals surface area contributed by atoms with Crippen molar-refractivity contribution in [3.05, 3.63) is 47.5 Å². The Balaban J connectivity index is 2.69. The third kappa shape index (κ3) is 10.5. The molecule has 0 aliphatic rings. The molecule has 172 valence electrons. The summed E-state index contributed by atoms with van der Waals surface area (Å²) in [5.74, 6) is -0.555. The molecule has 0 N–H and O–H groups in total. The molecular formula is C24H34O6S. The van der Waals surface area contributed by atoms with E-state index in [9.17, 15) is 14.4 Å². The Hall–Kier alpha value is -2.28. The Labute approximate surface area is 189 Å². The summed E-state index contributed by atoms with van der Waals surface area (Å²) < 4.78 is 14.9. The number of benzene rings is 1. The van der Waals surface area contributed by atoms with E-state index in [-0.39, 0.29) is 12.1 Å². The fraction of sp³-hybridized carbons (Fsp3) is 0.542. The largest absolute Gasteiger partial charge is 0.468 e. The lowest BCUT2D eigenvalue weighted by Gasteiger charge is -2.20. The van der Waals surface area contributed by atoms with Gasteiger partial charge >= 0.3 is 17.9 Å². The molecule has 31 heavy (non-hydrogen) atoms. The van der Waals surface area contributed by atoms with E-state index < -0.39 is 17.9 Å². The van der Waals surface area contributed by atoms with Crippen LogP contribution in [0, 0.1) is 5.92 Å². The molecule has 1 aromatic carbocycles. The Morgan fingerprint density at radius 3 is 2.26 bits per heavy atom. The van der Waals surface area contributed by atoms with Gasteiger partial charge < -0.3 is 14.2 Å². The second-order valence-corrected chi connectivity index (χ2v) is 8.21. The normalized spacial score (nSPS) is 12.4. The molecular weight excluding hydrogens is 416 g/mol. The van der Waals surface area contributed by atoms with Gasteiger partial charge in [-0.2, -0.15) is 11.8 Å². The van der Waals surface area contributed by atoms with Gasteiger partial charge in [-0.1, -0.05) is 43.3 Å². The van der Waals surface area contributed by atoms with E-state index >= 15 is 0 Å². The van der Waals surface area contributed by atoms with Crippen molar-refractivity contribution >= 4 is 29.7 Å². The summed E-state index contributed by atoms with van der Waals surface area (Å²) in [6.07, 6.45) is 4.86. The van der Waals surface area contributed by atoms with Gasteiger partial charge in [-0.15, -0.1) is 0 Å². The zero-order valence-electron chi connectivity index (χ0n) is 18.9. The van der Waals surface area contributed by atoms with Gasteiger partial charge in [0.2, 0.25) is 0 Å². The summed E-state index contributed by atoms with van der Waals surface area (Å²) in [6.45, 7) is 3.37. The van der Waals surface area contributed by atoms with E-state index in [0.717, 1.165) is 23.5 Å². The number of carbonyl (C=O) groups excluding carboxylic acids is 3. The van der Waals surface area contributed by atoms with Crippen molar-refractivity contribution in [3.8, 4) is 0 Å². The quantitative estimate of drug-likeness (QED) is 0.133. The van der Waals surface area contributed by atoms with Crippen LogP contribution in [0.4, 0.5) is 0 Å². The SMILES string of the molecule is CCC(OC(C)=O)/C(=C/CCSCc1ccccc1)CCCC(C(=O)OC)C(=O)OC. The van der Waals surface area contributed by atoms with Gasteiger partial charge in [0.1, 0.15) is 6.10 Å². The van der Waals surface area contributed by atoms with Crippen LogP contribution in [0.3, 0.4) is 0 Å². The first kappa shape index (κ1) is 26.8. The zero-order valence-corrected chi connectivity index (χ0v) is 19.7. The summed E-state index contributed by atoms with van der Waals surface area (Å²) in [6, 6.07) is 10.3. The Kier molecular flexibility index (Phi) is 13.4. The van der Waals surface area contributed by atoms with Crippen molar-refractivity contribution in [2.24, 2.45) is 5.92 Å². The minimum atomic E-state index is -0.938. The van der Waals surface area contributed by atoms with E-state index in [1.165, 1.54) is 26.7 Å². The first-order chi connectivity index (χ1) is 14.9. The highest BCUT2D eigenvalue weighted by atomic mass is 32.2. The Morgan fingerprint density at radius 1 is 1.06 bits per heavy atom. The molecule has 0 aromatic heterocycles. The maximum absolute atomic E-state index is 11.9. The molecule has 1 unspecified atom stereocenters. The van der Waals surface area contributed by atoms with Crippen LogP contribution in [0.5, 0.6) is 0 Å². The lowest BCUT2D eigenvalue weighted by Crippen LogP contribution is -2.26. The monoisotopic (exact) mass is 450 g/mol. The highest BCUT2D eigenvalue weighted by molar-refractivity contribution is 7.98. The van der Waals surface area contributed by atoms with Gasteiger partial charge in [0.05, 0.1) is 14.2 Å². The summed E-state index contributed by atoms with van der Waals surface area (Å²) in [5, 5.41) is 0. The van der Waals surface area contributed by atoms with Crippen LogP contribution in [-0.4, -0.2) is 44.0 Å². The first-order valence-electron chi connectivity index (χ1n) is 10.6. The summed E-state index contributed by atoms with van der Waals surface area (Å²) in [4.78, 5) is 35.3. The average Bonchev–Trinajstić information content (AvgIpc) is 2.78. The molecule has 0 amide bonds. The average molecular weight is 451 g/mol. The van der Waals surface area contributed by atoms with Crippen molar-refractivity contribution in [1.29, 1.82) is 0 Å². The van der Waals surface area contributed by atoms with Crippen LogP contribution in [0.1, 0.15) is 51.5 Å². The van der Waals surface area contributed by atoms with Gasteiger partial charge in [0, 0.05) is 12.7 Å². The van der Waals surface area contributed by atoms with Gasteiger partial charge in [-0.3, -0.25) is 14.4 Å². The Morgan fingerprint density at radius 2 is 1.71 bits per heavy atom. The minimum Gasteiger partial charge on any atom is -0.468 e. The number of hydrogen-bond acceptors (Lipinski definition) is 7. The molecule has 0 radical (unpaired) electrons. The van der Waals surface area contributed by atoms with E-state index in [0.29, 0.717) is 25.7 Å². The molecule has 7 heteroatoms. The van der Waals surface area contributed by atoms with Crippen LogP contribution in [-0.2, 0) is 34.3 Å². The second kappa shape index (κ2) is 15.5. The summed E-state index contributed by atoms with van der Waals surface area (Å²) in [7, 11) is 2.51. The predicted octanol–water partition coefficient (Wildman–Crippen LogP) is 4.71. The van der Waals surface area contributed by atoms with Gasteiger partial charge in [0.15, 0.2) is 5.92 Å². The third-order valence-electron chi connectivity index (χ3n) is 4.80. The maximum atomic E-state index is 11.9. The number of esters is 3. The molecule has 6 nitrogen and oxygen atoms in total. The van der Waals surface area contributed by atoms with Crippen molar-refractivity contribution in [3.63, 3.8) is 0 Å². The second-order valence-electron chi connectivity index (χ2n) is 7.10. The van der Waals surface area contributed by atoms with E-state index in [1.54, 1.807) is 0 Å². The van der Waals surface area contributed by atoms with Gasteiger partial charge in [-0.25, -0.2) is 0 Å². The molecule has 0 saturated heterocycles. The Bertz CT molecular complexity index is 700. The van der Waals surface area contributed by atoms with Crippen molar-refractivity contribution < 1.29 is 28.6 Å². The lowest BCUT2D eigenvalue weighted by molar-refractivity contribution is -0.159. The number of rotatable bonds is 14. The highest BCUT2D eigenvalue weighted by Gasteiger charge is 2.28. The number of hydrogen-bond donors (Lipinski definition) is 0. The first-order valence-corrected chi connectivity index (χ1v) is 11.7. The van der Waals surface area contributed by atoms with E-state index in [2.05, 4.69) is 18.2 Å². The molecule has 1 aromatic rings. The minimum absolute atomic E-state index is 0.300. The lowest BCUT2D eigenvalue weighted by atomic mass is 9.95. The topological polar surface area (TPSA) is 78.9 Å². The molecule has 0 bridgehead atoms. The standard InChI is InChI=1S/C24H34O6S/c1-5-22(30-18(2)25)20(13-9-15-21(23(26)28-3)24(27)29-4)14-10-16-31-17-19-11-7-6-8-12-19/h6-8,11-12,14,21-22H,5,9-10,13,15-17H2,1-4H3/b20-14+. The molecule has 0 fully saturated rings. The smallest absolute Gasteiger partial charge is 0.320 e. The molecule has 0 spiro atoms. The molecule has 1 rings (SSSR count). The molecule has 1 atom stereocenters. The number of thioether (sulfide) groups is 1. The zero-order chi connectivity index (χ0) is 23.1.